The molecule has 0 unspecified atom stereocenters. The average molecular weight is 476 g/mol. The van der Waals surface area contributed by atoms with E-state index in [0.29, 0.717) is 30.0 Å². The smallest absolute Gasteiger partial charge is 0.387 e. The molecule has 3 rings (SSSR count). The van der Waals surface area contributed by atoms with Crippen LogP contribution in [-0.2, 0) is 16.1 Å². The van der Waals surface area contributed by atoms with Gasteiger partial charge in [0, 0.05) is 25.3 Å². The molecule has 2 heterocycles. The minimum absolute atomic E-state index is 0.0161. The Kier molecular flexibility index (Phi) is 8.33. The monoisotopic (exact) mass is 475 g/mol. The first-order valence-electron chi connectivity index (χ1n) is 9.76. The minimum Gasteiger partial charge on any atom is -0.433 e. The van der Waals surface area contributed by atoms with Crippen LogP contribution in [0, 0.1) is 5.92 Å². The SMILES string of the molecule is CC(C)Cn1c(SCC(=O)Nc2ccc(OC(F)F)c(Cl)c2)nnc1N1CCOCC1. The molecule has 8 nitrogen and oxygen atoms in total. The van der Waals surface area contributed by atoms with E-state index in [1.807, 2.05) is 4.57 Å². The van der Waals surface area contributed by atoms with Gasteiger partial charge in [0.05, 0.1) is 24.0 Å². The van der Waals surface area contributed by atoms with Crippen LogP contribution in [0.5, 0.6) is 5.75 Å². The van der Waals surface area contributed by atoms with Gasteiger partial charge < -0.3 is 19.7 Å². The normalized spacial score (nSPS) is 14.4. The highest BCUT2D eigenvalue weighted by molar-refractivity contribution is 7.99. The number of ether oxygens (including phenoxy) is 2. The Bertz CT molecular complexity index is 893. The Labute approximate surface area is 188 Å². The van der Waals surface area contributed by atoms with Crippen molar-refractivity contribution in [2.45, 2.75) is 32.2 Å². The predicted octanol–water partition coefficient (Wildman–Crippen LogP) is 3.76. The zero-order valence-corrected chi connectivity index (χ0v) is 18.8. The molecule has 31 heavy (non-hydrogen) atoms. The van der Waals surface area contributed by atoms with Gasteiger partial charge in [0.25, 0.3) is 0 Å². The molecular formula is C19H24ClF2N5O3S. The molecular weight excluding hydrogens is 452 g/mol. The average Bonchev–Trinajstić information content (AvgIpc) is 3.10. The fourth-order valence-corrected chi connectivity index (χ4v) is 3.98. The van der Waals surface area contributed by atoms with E-state index in [1.165, 1.54) is 30.0 Å². The van der Waals surface area contributed by atoms with Gasteiger partial charge in [-0.15, -0.1) is 10.2 Å². The van der Waals surface area contributed by atoms with Crippen molar-refractivity contribution < 1.29 is 23.0 Å². The molecule has 1 amide bonds. The number of anilines is 2. The van der Waals surface area contributed by atoms with Crippen molar-refractivity contribution in [2.24, 2.45) is 5.92 Å². The van der Waals surface area contributed by atoms with Crippen LogP contribution >= 0.6 is 23.4 Å². The van der Waals surface area contributed by atoms with E-state index in [1.54, 1.807) is 0 Å². The fourth-order valence-electron chi connectivity index (χ4n) is 3.01. The number of aromatic nitrogens is 3. The topological polar surface area (TPSA) is 81.5 Å². The number of hydrogen-bond donors (Lipinski definition) is 1. The first-order chi connectivity index (χ1) is 14.8. The summed E-state index contributed by atoms with van der Waals surface area (Å²) in [4.78, 5) is 14.5. The van der Waals surface area contributed by atoms with Crippen molar-refractivity contribution in [3.05, 3.63) is 23.2 Å². The molecule has 170 valence electrons. The summed E-state index contributed by atoms with van der Waals surface area (Å²) in [6.07, 6.45) is 0. The number of carbonyl (C=O) groups excluding carboxylic acids is 1. The van der Waals surface area contributed by atoms with Crippen molar-refractivity contribution in [2.75, 3.05) is 42.3 Å². The van der Waals surface area contributed by atoms with Gasteiger partial charge in [0.1, 0.15) is 5.75 Å². The van der Waals surface area contributed by atoms with E-state index >= 15 is 0 Å². The number of halogens is 3. The molecule has 1 N–H and O–H groups in total. The molecule has 12 heteroatoms. The van der Waals surface area contributed by atoms with Crippen LogP contribution in [-0.4, -0.2) is 59.3 Å². The van der Waals surface area contributed by atoms with Crippen LogP contribution in [0.4, 0.5) is 20.4 Å². The first kappa shape index (κ1) is 23.6. The molecule has 2 aromatic rings. The maximum atomic E-state index is 12.4. The second-order valence-electron chi connectivity index (χ2n) is 7.25. The lowest BCUT2D eigenvalue weighted by molar-refractivity contribution is -0.113. The second-order valence-corrected chi connectivity index (χ2v) is 8.60. The van der Waals surface area contributed by atoms with Crippen LogP contribution in [0.3, 0.4) is 0 Å². The lowest BCUT2D eigenvalue weighted by Gasteiger charge is -2.28. The van der Waals surface area contributed by atoms with Crippen molar-refractivity contribution in [1.82, 2.24) is 14.8 Å². The number of carbonyl (C=O) groups is 1. The number of hydrogen-bond acceptors (Lipinski definition) is 7. The molecule has 1 aromatic carbocycles. The molecule has 1 fully saturated rings. The fraction of sp³-hybridized carbons (Fsp3) is 0.526. The quantitative estimate of drug-likeness (QED) is 0.553. The summed E-state index contributed by atoms with van der Waals surface area (Å²) in [7, 11) is 0. The summed E-state index contributed by atoms with van der Waals surface area (Å²) in [6.45, 7) is 4.74. The van der Waals surface area contributed by atoms with Gasteiger partial charge in [0.2, 0.25) is 11.9 Å². The minimum atomic E-state index is -2.97. The summed E-state index contributed by atoms with van der Waals surface area (Å²) >= 11 is 7.21. The largest absolute Gasteiger partial charge is 0.433 e. The van der Waals surface area contributed by atoms with E-state index in [2.05, 4.69) is 39.0 Å². The van der Waals surface area contributed by atoms with Crippen LogP contribution < -0.4 is 15.0 Å². The van der Waals surface area contributed by atoms with Gasteiger partial charge in [0.15, 0.2) is 5.16 Å². The van der Waals surface area contributed by atoms with Crippen molar-refractivity contribution >= 4 is 40.9 Å². The summed E-state index contributed by atoms with van der Waals surface area (Å²) in [5, 5.41) is 12.0. The third-order valence-corrected chi connectivity index (χ3v) is 5.57. The van der Waals surface area contributed by atoms with Gasteiger partial charge in [-0.25, -0.2) is 0 Å². The van der Waals surface area contributed by atoms with Gasteiger partial charge >= 0.3 is 6.61 Å². The van der Waals surface area contributed by atoms with E-state index in [4.69, 9.17) is 16.3 Å². The number of nitrogens with zero attached hydrogens (tertiary/aromatic N) is 4. The summed E-state index contributed by atoms with van der Waals surface area (Å²) in [6, 6.07) is 4.09. The highest BCUT2D eigenvalue weighted by Gasteiger charge is 2.22. The van der Waals surface area contributed by atoms with Gasteiger partial charge in [-0.1, -0.05) is 37.2 Å². The lowest BCUT2D eigenvalue weighted by atomic mass is 10.2. The highest BCUT2D eigenvalue weighted by atomic mass is 35.5. The number of benzene rings is 1. The van der Waals surface area contributed by atoms with Crippen LogP contribution in [0.2, 0.25) is 5.02 Å². The Morgan fingerprint density at radius 1 is 1.32 bits per heavy atom. The van der Waals surface area contributed by atoms with Gasteiger partial charge in [-0.05, 0) is 24.1 Å². The highest BCUT2D eigenvalue weighted by Crippen LogP contribution is 2.29. The number of alkyl halides is 2. The van der Waals surface area contributed by atoms with E-state index in [9.17, 15) is 13.6 Å². The summed E-state index contributed by atoms with van der Waals surface area (Å²) in [5.41, 5.74) is 0.384. The Morgan fingerprint density at radius 3 is 2.71 bits per heavy atom. The summed E-state index contributed by atoms with van der Waals surface area (Å²) in [5.74, 6) is 0.824. The third kappa shape index (κ3) is 6.68. The van der Waals surface area contributed by atoms with Crippen molar-refractivity contribution in [1.29, 1.82) is 0 Å². The van der Waals surface area contributed by atoms with Crippen molar-refractivity contribution in [3.63, 3.8) is 0 Å². The first-order valence-corrected chi connectivity index (χ1v) is 11.1. The predicted molar refractivity (Wildman–Crippen MR) is 115 cm³/mol. The Morgan fingerprint density at radius 2 is 2.06 bits per heavy atom. The zero-order valence-electron chi connectivity index (χ0n) is 17.2. The summed E-state index contributed by atoms with van der Waals surface area (Å²) < 4.78 is 36.4. The number of thioether (sulfide) groups is 1. The Balaban J connectivity index is 1.63. The molecule has 0 spiro atoms. The molecule has 0 bridgehead atoms. The third-order valence-electron chi connectivity index (χ3n) is 4.30. The molecule has 0 aliphatic carbocycles. The maximum Gasteiger partial charge on any atom is 0.387 e. The molecule has 0 radical (unpaired) electrons. The number of rotatable bonds is 9. The van der Waals surface area contributed by atoms with Crippen LogP contribution in [0.1, 0.15) is 13.8 Å². The van der Waals surface area contributed by atoms with Gasteiger partial charge in [-0.3, -0.25) is 9.36 Å². The molecule has 1 aliphatic rings. The van der Waals surface area contributed by atoms with Crippen LogP contribution in [0.25, 0.3) is 0 Å². The standard InChI is InChI=1S/C19H24ClF2N5O3S/c1-12(2)10-27-18(26-5-7-29-8-6-26)24-25-19(27)31-11-16(28)23-13-3-4-15(14(20)9-13)30-17(21)22/h3-4,9,12,17H,5-8,10-11H2,1-2H3,(H,23,28). The number of morpholine rings is 1. The van der Waals surface area contributed by atoms with Crippen molar-refractivity contribution in [3.8, 4) is 5.75 Å². The van der Waals surface area contributed by atoms with Crippen LogP contribution in [0.15, 0.2) is 23.4 Å². The van der Waals surface area contributed by atoms with E-state index in [0.717, 1.165) is 25.6 Å². The van der Waals surface area contributed by atoms with E-state index < -0.39 is 6.61 Å². The molecule has 0 atom stereocenters. The maximum absolute atomic E-state index is 12.4. The lowest BCUT2D eigenvalue weighted by Crippen LogP contribution is -2.38. The van der Waals surface area contributed by atoms with E-state index in [-0.39, 0.29) is 22.4 Å². The van der Waals surface area contributed by atoms with Gasteiger partial charge in [-0.2, -0.15) is 8.78 Å². The Hall–Kier alpha value is -2.11. The number of nitrogens with one attached hydrogen (secondary N) is 1. The molecule has 1 aromatic heterocycles. The molecule has 1 saturated heterocycles. The molecule has 0 saturated carbocycles. The molecule has 1 aliphatic heterocycles. The number of amides is 1. The second kappa shape index (κ2) is 11.0. The zero-order chi connectivity index (χ0) is 22.4.